The first-order chi connectivity index (χ1) is 9.10. The van der Waals surface area contributed by atoms with Gasteiger partial charge in [-0.25, -0.2) is 0 Å². The molecule has 0 aliphatic rings. The lowest BCUT2D eigenvalue weighted by Gasteiger charge is -2.07. The summed E-state index contributed by atoms with van der Waals surface area (Å²) in [7, 11) is 0. The molecule has 0 fully saturated rings. The minimum atomic E-state index is -0.208. The third-order valence-electron chi connectivity index (χ3n) is 2.83. The van der Waals surface area contributed by atoms with Crippen LogP contribution in [-0.2, 0) is 0 Å². The van der Waals surface area contributed by atoms with Crippen LogP contribution in [0.25, 0.3) is 0 Å². The van der Waals surface area contributed by atoms with E-state index in [1.807, 2.05) is 13.0 Å². The molecule has 2 aromatic carbocycles. The van der Waals surface area contributed by atoms with Crippen LogP contribution in [0.1, 0.15) is 21.5 Å². The normalized spacial score (nSPS) is 9.68. The molecular weight excluding hydrogens is 236 g/mol. The zero-order valence-corrected chi connectivity index (χ0v) is 10.6. The van der Waals surface area contributed by atoms with Crippen molar-refractivity contribution in [3.05, 3.63) is 59.2 Å². The fourth-order valence-electron chi connectivity index (χ4n) is 1.67. The van der Waals surface area contributed by atoms with Crippen molar-refractivity contribution in [3.8, 4) is 12.3 Å². The minimum Gasteiger partial charge on any atom is -0.398 e. The fourth-order valence-corrected chi connectivity index (χ4v) is 1.67. The molecule has 0 aromatic heterocycles. The molecular formula is C16H14N2O. The Morgan fingerprint density at radius 1 is 1.26 bits per heavy atom. The van der Waals surface area contributed by atoms with E-state index in [0.717, 1.165) is 11.1 Å². The number of rotatable bonds is 2. The predicted octanol–water partition coefficient (Wildman–Crippen LogP) is 2.81. The molecule has 3 N–H and O–H groups in total. The maximum absolute atomic E-state index is 12.1. The molecule has 19 heavy (non-hydrogen) atoms. The molecule has 0 spiro atoms. The fraction of sp³-hybridized carbons (Fsp3) is 0.0625. The zero-order chi connectivity index (χ0) is 13.8. The van der Waals surface area contributed by atoms with E-state index in [9.17, 15) is 4.79 Å². The Hall–Kier alpha value is -2.73. The van der Waals surface area contributed by atoms with E-state index >= 15 is 0 Å². The molecule has 2 aromatic rings. The van der Waals surface area contributed by atoms with E-state index in [0.29, 0.717) is 16.9 Å². The molecule has 0 bridgehead atoms. The van der Waals surface area contributed by atoms with Gasteiger partial charge in [0, 0.05) is 22.5 Å². The SMILES string of the molecule is C#Cc1cccc(NC(=O)c2ccc(C)c(N)c2)c1. The number of aryl methyl sites for hydroxylation is 1. The quantitative estimate of drug-likeness (QED) is 0.636. The Balaban J connectivity index is 2.21. The molecule has 1 amide bonds. The van der Waals surface area contributed by atoms with Crippen molar-refractivity contribution < 1.29 is 4.79 Å². The predicted molar refractivity (Wildman–Crippen MR) is 77.9 cm³/mol. The molecule has 0 aliphatic heterocycles. The average Bonchev–Trinajstić information content (AvgIpc) is 2.42. The van der Waals surface area contributed by atoms with E-state index < -0.39 is 0 Å². The van der Waals surface area contributed by atoms with Gasteiger partial charge < -0.3 is 11.1 Å². The molecule has 0 aliphatic carbocycles. The minimum absolute atomic E-state index is 0.208. The number of anilines is 2. The lowest BCUT2D eigenvalue weighted by Crippen LogP contribution is -2.12. The number of nitrogens with one attached hydrogen (secondary N) is 1. The number of hydrogen-bond donors (Lipinski definition) is 2. The van der Waals surface area contributed by atoms with E-state index in [1.165, 1.54) is 0 Å². The van der Waals surface area contributed by atoms with Crippen LogP contribution in [0, 0.1) is 19.3 Å². The van der Waals surface area contributed by atoms with Crippen molar-refractivity contribution in [2.75, 3.05) is 11.1 Å². The van der Waals surface area contributed by atoms with Crippen LogP contribution in [0.4, 0.5) is 11.4 Å². The average molecular weight is 250 g/mol. The van der Waals surface area contributed by atoms with Gasteiger partial charge in [0.05, 0.1) is 0 Å². The highest BCUT2D eigenvalue weighted by Gasteiger charge is 2.07. The highest BCUT2D eigenvalue weighted by molar-refractivity contribution is 6.04. The van der Waals surface area contributed by atoms with Gasteiger partial charge in [-0.15, -0.1) is 6.42 Å². The topological polar surface area (TPSA) is 55.1 Å². The molecule has 3 nitrogen and oxygen atoms in total. The van der Waals surface area contributed by atoms with Crippen molar-refractivity contribution in [1.29, 1.82) is 0 Å². The molecule has 3 heteroatoms. The van der Waals surface area contributed by atoms with E-state index in [1.54, 1.807) is 36.4 Å². The van der Waals surface area contributed by atoms with Gasteiger partial charge >= 0.3 is 0 Å². The summed E-state index contributed by atoms with van der Waals surface area (Å²) in [6.45, 7) is 1.90. The summed E-state index contributed by atoms with van der Waals surface area (Å²) in [5.41, 5.74) is 9.25. The second-order valence-electron chi connectivity index (χ2n) is 4.25. The van der Waals surface area contributed by atoms with Crippen LogP contribution in [0.15, 0.2) is 42.5 Å². The van der Waals surface area contributed by atoms with Crippen molar-refractivity contribution >= 4 is 17.3 Å². The van der Waals surface area contributed by atoms with Gasteiger partial charge in [-0.05, 0) is 42.8 Å². The van der Waals surface area contributed by atoms with Crippen molar-refractivity contribution in [2.24, 2.45) is 0 Å². The standard InChI is InChI=1S/C16H14N2O/c1-3-12-5-4-6-14(9-12)18-16(19)13-8-7-11(2)15(17)10-13/h1,4-10H,17H2,2H3,(H,18,19). The van der Waals surface area contributed by atoms with Crippen LogP contribution in [0.2, 0.25) is 0 Å². The molecule has 0 saturated heterocycles. The third kappa shape index (κ3) is 2.93. The number of carbonyl (C=O) groups is 1. The van der Waals surface area contributed by atoms with Crippen molar-refractivity contribution in [1.82, 2.24) is 0 Å². The maximum atomic E-state index is 12.1. The Kier molecular flexibility index (Phi) is 3.53. The van der Waals surface area contributed by atoms with Crippen molar-refractivity contribution in [3.63, 3.8) is 0 Å². The number of terminal acetylenes is 1. The molecule has 0 atom stereocenters. The highest BCUT2D eigenvalue weighted by Crippen LogP contribution is 2.15. The van der Waals surface area contributed by atoms with Gasteiger partial charge in [-0.2, -0.15) is 0 Å². The second kappa shape index (κ2) is 5.28. The number of benzene rings is 2. The van der Waals surface area contributed by atoms with Crippen LogP contribution in [0.3, 0.4) is 0 Å². The first-order valence-corrected chi connectivity index (χ1v) is 5.84. The van der Waals surface area contributed by atoms with E-state index in [-0.39, 0.29) is 5.91 Å². The summed E-state index contributed by atoms with van der Waals surface area (Å²) in [6.07, 6.45) is 5.32. The maximum Gasteiger partial charge on any atom is 0.255 e. The molecule has 0 heterocycles. The summed E-state index contributed by atoms with van der Waals surface area (Å²) in [4.78, 5) is 12.1. The van der Waals surface area contributed by atoms with Gasteiger partial charge in [0.25, 0.3) is 5.91 Å². The number of nitrogens with two attached hydrogens (primary N) is 1. The summed E-state index contributed by atoms with van der Waals surface area (Å²) < 4.78 is 0. The second-order valence-corrected chi connectivity index (χ2v) is 4.25. The molecule has 2 rings (SSSR count). The van der Waals surface area contributed by atoms with Crippen LogP contribution in [0.5, 0.6) is 0 Å². The Morgan fingerprint density at radius 2 is 2.05 bits per heavy atom. The first-order valence-electron chi connectivity index (χ1n) is 5.84. The molecule has 94 valence electrons. The lowest BCUT2D eigenvalue weighted by molar-refractivity contribution is 0.102. The van der Waals surface area contributed by atoms with Gasteiger partial charge in [-0.3, -0.25) is 4.79 Å². The first kappa shape index (κ1) is 12.7. The smallest absolute Gasteiger partial charge is 0.255 e. The molecule has 0 radical (unpaired) electrons. The van der Waals surface area contributed by atoms with E-state index in [2.05, 4.69) is 11.2 Å². The van der Waals surface area contributed by atoms with Crippen LogP contribution >= 0.6 is 0 Å². The van der Waals surface area contributed by atoms with Gasteiger partial charge in [0.15, 0.2) is 0 Å². The molecule has 0 saturated carbocycles. The van der Waals surface area contributed by atoms with Crippen LogP contribution in [-0.4, -0.2) is 5.91 Å². The monoisotopic (exact) mass is 250 g/mol. The van der Waals surface area contributed by atoms with Gasteiger partial charge in [0.2, 0.25) is 0 Å². The Morgan fingerprint density at radius 3 is 2.74 bits per heavy atom. The number of amides is 1. The summed E-state index contributed by atoms with van der Waals surface area (Å²) in [6, 6.07) is 12.4. The van der Waals surface area contributed by atoms with Gasteiger partial charge in [-0.1, -0.05) is 18.1 Å². The zero-order valence-electron chi connectivity index (χ0n) is 10.6. The van der Waals surface area contributed by atoms with Gasteiger partial charge in [0.1, 0.15) is 0 Å². The highest BCUT2D eigenvalue weighted by atomic mass is 16.1. The summed E-state index contributed by atoms with van der Waals surface area (Å²) in [5.74, 6) is 2.32. The molecule has 0 unspecified atom stereocenters. The third-order valence-corrected chi connectivity index (χ3v) is 2.83. The van der Waals surface area contributed by atoms with Crippen molar-refractivity contribution in [2.45, 2.75) is 6.92 Å². The number of nitrogen functional groups attached to an aromatic ring is 1. The Labute approximate surface area is 112 Å². The number of hydrogen-bond acceptors (Lipinski definition) is 2. The lowest BCUT2D eigenvalue weighted by atomic mass is 10.1. The summed E-state index contributed by atoms with van der Waals surface area (Å²) >= 11 is 0. The number of carbonyl (C=O) groups excluding carboxylic acids is 1. The summed E-state index contributed by atoms with van der Waals surface area (Å²) in [5, 5.41) is 2.79. The largest absolute Gasteiger partial charge is 0.398 e. The van der Waals surface area contributed by atoms with Crippen LogP contribution < -0.4 is 11.1 Å². The van der Waals surface area contributed by atoms with E-state index in [4.69, 9.17) is 12.2 Å². The Bertz CT molecular complexity index is 669.